The number of hydrogen-bond donors (Lipinski definition) is 2. The normalized spacial score (nSPS) is 19.8. The summed E-state index contributed by atoms with van der Waals surface area (Å²) in [5.74, 6) is 0. The zero-order valence-corrected chi connectivity index (χ0v) is 8.54. The standard InChI is InChI=1S/C9H20N2S/c10-7-4-8-11-12-9-5-2-1-3-6-9/h9,11H,1-8,10H2. The SMILES string of the molecule is NCCCNSC1CCCCC1. The van der Waals surface area contributed by atoms with Gasteiger partial charge in [-0.2, -0.15) is 0 Å². The molecule has 0 spiro atoms. The summed E-state index contributed by atoms with van der Waals surface area (Å²) in [7, 11) is 0. The zero-order valence-electron chi connectivity index (χ0n) is 7.72. The molecule has 0 amide bonds. The maximum atomic E-state index is 5.40. The van der Waals surface area contributed by atoms with E-state index in [1.54, 1.807) is 0 Å². The molecular formula is C9H20N2S. The Balaban J connectivity index is 1.91. The Morgan fingerprint density at radius 2 is 2.00 bits per heavy atom. The molecule has 12 heavy (non-hydrogen) atoms. The van der Waals surface area contributed by atoms with E-state index in [1.807, 2.05) is 11.9 Å². The first-order valence-electron chi connectivity index (χ1n) is 5.02. The molecule has 0 saturated heterocycles. The van der Waals surface area contributed by atoms with Gasteiger partial charge in [0.2, 0.25) is 0 Å². The molecule has 0 aromatic heterocycles. The monoisotopic (exact) mass is 188 g/mol. The van der Waals surface area contributed by atoms with Crippen LogP contribution in [0.25, 0.3) is 0 Å². The Morgan fingerprint density at radius 3 is 2.67 bits per heavy atom. The van der Waals surface area contributed by atoms with Crippen molar-refractivity contribution in [2.24, 2.45) is 5.73 Å². The summed E-state index contributed by atoms with van der Waals surface area (Å²) < 4.78 is 3.39. The van der Waals surface area contributed by atoms with Crippen LogP contribution in [0.2, 0.25) is 0 Å². The molecule has 3 N–H and O–H groups in total. The highest BCUT2D eigenvalue weighted by molar-refractivity contribution is 7.98. The largest absolute Gasteiger partial charge is 0.330 e. The summed E-state index contributed by atoms with van der Waals surface area (Å²) in [6.07, 6.45) is 8.20. The van der Waals surface area contributed by atoms with Crippen LogP contribution in [-0.4, -0.2) is 18.3 Å². The lowest BCUT2D eigenvalue weighted by atomic mass is 10.0. The minimum atomic E-state index is 0.804. The average molecular weight is 188 g/mol. The quantitative estimate of drug-likeness (QED) is 0.511. The van der Waals surface area contributed by atoms with Crippen LogP contribution in [-0.2, 0) is 0 Å². The minimum Gasteiger partial charge on any atom is -0.330 e. The van der Waals surface area contributed by atoms with Crippen molar-refractivity contribution in [1.29, 1.82) is 0 Å². The molecule has 3 heteroatoms. The first-order chi connectivity index (χ1) is 5.93. The molecule has 72 valence electrons. The van der Waals surface area contributed by atoms with Gasteiger partial charge in [0.25, 0.3) is 0 Å². The Morgan fingerprint density at radius 1 is 1.25 bits per heavy atom. The summed E-state index contributed by atoms with van der Waals surface area (Å²) in [6.45, 7) is 1.87. The number of nitrogens with one attached hydrogen (secondary N) is 1. The summed E-state index contributed by atoms with van der Waals surface area (Å²) in [6, 6.07) is 0. The Bertz CT molecular complexity index is 103. The molecule has 0 aliphatic heterocycles. The number of nitrogens with two attached hydrogens (primary N) is 1. The Labute approximate surface area is 79.8 Å². The van der Waals surface area contributed by atoms with Crippen molar-refractivity contribution in [3.63, 3.8) is 0 Å². The molecule has 0 radical (unpaired) electrons. The van der Waals surface area contributed by atoms with E-state index in [0.717, 1.165) is 24.8 Å². The highest BCUT2D eigenvalue weighted by Gasteiger charge is 2.12. The van der Waals surface area contributed by atoms with E-state index in [9.17, 15) is 0 Å². The second-order valence-electron chi connectivity index (χ2n) is 3.41. The predicted molar refractivity (Wildman–Crippen MR) is 56.1 cm³/mol. The molecule has 0 bridgehead atoms. The van der Waals surface area contributed by atoms with Crippen LogP contribution in [0.1, 0.15) is 38.5 Å². The van der Waals surface area contributed by atoms with Crippen LogP contribution in [0.15, 0.2) is 0 Å². The fourth-order valence-corrected chi connectivity index (χ4v) is 2.60. The highest BCUT2D eigenvalue weighted by atomic mass is 32.2. The Hall–Kier alpha value is 0.270. The molecule has 2 nitrogen and oxygen atoms in total. The van der Waals surface area contributed by atoms with Crippen LogP contribution < -0.4 is 10.5 Å². The van der Waals surface area contributed by atoms with E-state index in [0.29, 0.717) is 0 Å². The third-order valence-corrected chi connectivity index (χ3v) is 3.46. The molecule has 0 aromatic rings. The van der Waals surface area contributed by atoms with Crippen molar-refractivity contribution in [1.82, 2.24) is 4.72 Å². The van der Waals surface area contributed by atoms with Gasteiger partial charge in [-0.3, -0.25) is 4.72 Å². The zero-order chi connectivity index (χ0) is 8.65. The van der Waals surface area contributed by atoms with Crippen molar-refractivity contribution in [3.05, 3.63) is 0 Å². The maximum Gasteiger partial charge on any atom is 0.0193 e. The van der Waals surface area contributed by atoms with Gasteiger partial charge in [-0.25, -0.2) is 0 Å². The van der Waals surface area contributed by atoms with Crippen LogP contribution in [0.5, 0.6) is 0 Å². The smallest absolute Gasteiger partial charge is 0.0193 e. The second kappa shape index (κ2) is 6.75. The van der Waals surface area contributed by atoms with Gasteiger partial charge in [0, 0.05) is 11.8 Å². The van der Waals surface area contributed by atoms with Gasteiger partial charge in [-0.15, -0.1) is 0 Å². The van der Waals surface area contributed by atoms with Crippen molar-refractivity contribution in [2.45, 2.75) is 43.8 Å². The van der Waals surface area contributed by atoms with Crippen molar-refractivity contribution < 1.29 is 0 Å². The summed E-state index contributed by atoms with van der Waals surface area (Å²) in [5.41, 5.74) is 5.40. The van der Waals surface area contributed by atoms with Crippen LogP contribution >= 0.6 is 11.9 Å². The second-order valence-corrected chi connectivity index (χ2v) is 4.61. The third-order valence-electron chi connectivity index (χ3n) is 2.29. The van der Waals surface area contributed by atoms with Gasteiger partial charge in [0.1, 0.15) is 0 Å². The van der Waals surface area contributed by atoms with E-state index in [1.165, 1.54) is 32.1 Å². The summed E-state index contributed by atoms with van der Waals surface area (Å²) in [5, 5.41) is 0.872. The summed E-state index contributed by atoms with van der Waals surface area (Å²) >= 11 is 1.93. The molecule has 0 atom stereocenters. The first kappa shape index (κ1) is 10.4. The van der Waals surface area contributed by atoms with Gasteiger partial charge in [0.05, 0.1) is 0 Å². The average Bonchev–Trinajstić information content (AvgIpc) is 2.14. The van der Waals surface area contributed by atoms with Gasteiger partial charge < -0.3 is 5.73 Å². The molecule has 0 aromatic carbocycles. The fraction of sp³-hybridized carbons (Fsp3) is 1.00. The maximum absolute atomic E-state index is 5.40. The van der Waals surface area contributed by atoms with Crippen molar-refractivity contribution in [3.8, 4) is 0 Å². The fourth-order valence-electron chi connectivity index (χ4n) is 1.53. The van der Waals surface area contributed by atoms with Crippen LogP contribution in [0, 0.1) is 0 Å². The number of hydrogen-bond acceptors (Lipinski definition) is 3. The van der Waals surface area contributed by atoms with Gasteiger partial charge in [-0.05, 0) is 25.8 Å². The van der Waals surface area contributed by atoms with Crippen LogP contribution in [0.3, 0.4) is 0 Å². The summed E-state index contributed by atoms with van der Waals surface area (Å²) in [4.78, 5) is 0. The molecule has 1 aliphatic rings. The lowest BCUT2D eigenvalue weighted by molar-refractivity contribution is 0.514. The molecule has 1 aliphatic carbocycles. The van der Waals surface area contributed by atoms with E-state index >= 15 is 0 Å². The molecule has 1 fully saturated rings. The minimum absolute atomic E-state index is 0.804. The van der Waals surface area contributed by atoms with Gasteiger partial charge in [-0.1, -0.05) is 31.2 Å². The Kier molecular flexibility index (Phi) is 5.82. The highest BCUT2D eigenvalue weighted by Crippen LogP contribution is 2.25. The van der Waals surface area contributed by atoms with Gasteiger partial charge >= 0.3 is 0 Å². The number of rotatable bonds is 5. The van der Waals surface area contributed by atoms with E-state index in [-0.39, 0.29) is 0 Å². The third kappa shape index (κ3) is 4.33. The first-order valence-corrected chi connectivity index (χ1v) is 5.90. The topological polar surface area (TPSA) is 38.0 Å². The van der Waals surface area contributed by atoms with Crippen molar-refractivity contribution in [2.75, 3.05) is 13.1 Å². The van der Waals surface area contributed by atoms with Crippen LogP contribution in [0.4, 0.5) is 0 Å². The van der Waals surface area contributed by atoms with E-state index in [2.05, 4.69) is 4.72 Å². The lowest BCUT2D eigenvalue weighted by Crippen LogP contribution is -2.17. The molecule has 1 rings (SSSR count). The van der Waals surface area contributed by atoms with Crippen molar-refractivity contribution >= 4 is 11.9 Å². The molecular weight excluding hydrogens is 168 g/mol. The van der Waals surface area contributed by atoms with Gasteiger partial charge in [0.15, 0.2) is 0 Å². The molecule has 0 heterocycles. The molecule has 1 saturated carbocycles. The molecule has 0 unspecified atom stereocenters. The van der Waals surface area contributed by atoms with E-state index in [4.69, 9.17) is 5.73 Å². The van der Waals surface area contributed by atoms with E-state index < -0.39 is 0 Å². The predicted octanol–water partition coefficient (Wildman–Crippen LogP) is 1.91. The lowest BCUT2D eigenvalue weighted by Gasteiger charge is -2.20.